The molecule has 6 heteroatoms. The minimum atomic E-state index is -3.12. The summed E-state index contributed by atoms with van der Waals surface area (Å²) in [6, 6.07) is 15.2. The summed E-state index contributed by atoms with van der Waals surface area (Å²) in [6.45, 7) is 9.95. The molecule has 5 nitrogen and oxygen atoms in total. The molecule has 0 aliphatic carbocycles. The summed E-state index contributed by atoms with van der Waals surface area (Å²) in [5.74, 6) is 1.00. The van der Waals surface area contributed by atoms with Crippen molar-refractivity contribution >= 4 is 14.0 Å². The van der Waals surface area contributed by atoms with Crippen LogP contribution in [0.5, 0.6) is 11.5 Å². The largest absolute Gasteiger partial charge is 0.541 e. The molecule has 0 saturated carbocycles. The first-order valence-electron chi connectivity index (χ1n) is 11.0. The lowest BCUT2D eigenvalue weighted by Crippen LogP contribution is -2.57. The normalized spacial score (nSPS) is 12.7. The Morgan fingerprint density at radius 2 is 1.33 bits per heavy atom. The van der Waals surface area contributed by atoms with E-state index in [4.69, 9.17) is 18.0 Å². The van der Waals surface area contributed by atoms with Crippen LogP contribution in [0, 0.1) is 0 Å². The summed E-state index contributed by atoms with van der Waals surface area (Å²) < 4.78 is 25.2. The Morgan fingerprint density at radius 3 is 1.90 bits per heavy atom. The van der Waals surface area contributed by atoms with Gasteiger partial charge < -0.3 is 23.1 Å². The van der Waals surface area contributed by atoms with Crippen LogP contribution >= 0.6 is 0 Å². The van der Waals surface area contributed by atoms with Gasteiger partial charge in [0, 0.05) is 26.2 Å². The van der Waals surface area contributed by atoms with Gasteiger partial charge in [0.2, 0.25) is 0 Å². The van der Waals surface area contributed by atoms with E-state index in [-0.39, 0.29) is 11.9 Å². The van der Waals surface area contributed by atoms with Crippen LogP contribution in [-0.2, 0) is 19.7 Å². The maximum absolute atomic E-state index is 10.1. The summed E-state index contributed by atoms with van der Waals surface area (Å²) in [6.07, 6.45) is 3.09. The molecular weight excluding hydrogens is 396 g/mol. The molecule has 0 fully saturated rings. The van der Waals surface area contributed by atoms with E-state index in [1.165, 1.54) is 0 Å². The summed E-state index contributed by atoms with van der Waals surface area (Å²) in [7, 11) is -3.12. The third-order valence-corrected chi connectivity index (χ3v) is 7.36. The molecule has 166 valence electrons. The number of rotatable bonds is 14. The molecule has 0 amide bonds. The average Bonchev–Trinajstić information content (AvgIpc) is 2.76. The zero-order chi connectivity index (χ0) is 21.8. The molecule has 0 saturated heterocycles. The number of phenolic OH excluding ortho intramolecular Hbond substituents is 1. The monoisotopic (exact) mass is 432 g/mol. The first-order valence-corrected chi connectivity index (χ1v) is 12.7. The van der Waals surface area contributed by atoms with Crippen LogP contribution in [0.1, 0.15) is 52.5 Å². The quantitative estimate of drug-likeness (QED) is 0.433. The van der Waals surface area contributed by atoms with Gasteiger partial charge in [-0.15, -0.1) is 0 Å². The number of aromatic hydroxyl groups is 1. The van der Waals surface area contributed by atoms with Gasteiger partial charge in [0.1, 0.15) is 17.6 Å². The fraction of sp³-hybridized carbons (Fsp3) is 0.500. The number of hydrogen-bond acceptors (Lipinski definition) is 5. The van der Waals surface area contributed by atoms with Crippen molar-refractivity contribution in [3.63, 3.8) is 0 Å². The van der Waals surface area contributed by atoms with Crippen molar-refractivity contribution in [1.82, 2.24) is 0 Å². The predicted molar refractivity (Wildman–Crippen MR) is 122 cm³/mol. The highest BCUT2D eigenvalue weighted by Crippen LogP contribution is 2.23. The first kappa shape index (κ1) is 24.4. The molecule has 2 rings (SSSR count). The van der Waals surface area contributed by atoms with Crippen molar-refractivity contribution in [2.75, 3.05) is 19.8 Å². The van der Waals surface area contributed by atoms with Crippen molar-refractivity contribution in [3.8, 4) is 11.5 Å². The van der Waals surface area contributed by atoms with Crippen LogP contribution in [-0.4, -0.2) is 39.8 Å². The molecule has 1 N–H and O–H groups in total. The summed E-state index contributed by atoms with van der Waals surface area (Å²) in [5.41, 5.74) is 0.859. The third kappa shape index (κ3) is 6.84. The van der Waals surface area contributed by atoms with Gasteiger partial charge in [-0.3, -0.25) is 0 Å². The zero-order valence-corrected chi connectivity index (χ0v) is 19.7. The molecule has 2 aromatic rings. The van der Waals surface area contributed by atoms with Crippen molar-refractivity contribution in [2.45, 2.75) is 59.5 Å². The first-order chi connectivity index (χ1) is 14.6. The van der Waals surface area contributed by atoms with Gasteiger partial charge in [-0.05, 0) is 43.9 Å². The Hall–Kier alpha value is -1.86. The third-order valence-electron chi connectivity index (χ3n) is 4.53. The Balaban J connectivity index is 2.31. The van der Waals surface area contributed by atoms with Crippen molar-refractivity contribution in [2.24, 2.45) is 0 Å². The van der Waals surface area contributed by atoms with E-state index in [0.29, 0.717) is 26.2 Å². The zero-order valence-electron chi connectivity index (χ0n) is 18.7. The van der Waals surface area contributed by atoms with Crippen LogP contribution in [0.3, 0.4) is 0 Å². The molecule has 2 aromatic carbocycles. The molecule has 30 heavy (non-hydrogen) atoms. The Labute approximate surface area is 182 Å². The number of phenols is 1. The van der Waals surface area contributed by atoms with Crippen LogP contribution in [0.25, 0.3) is 0 Å². The maximum atomic E-state index is 10.1. The molecule has 1 atom stereocenters. The lowest BCUT2D eigenvalue weighted by Gasteiger charge is -2.31. The topological polar surface area (TPSA) is 57.2 Å². The van der Waals surface area contributed by atoms with Crippen LogP contribution < -0.4 is 9.92 Å². The highest BCUT2D eigenvalue weighted by molar-refractivity contribution is 6.76. The SMILES string of the molecule is CCCO[Si](OCCC)(OCCC)c1ccccc1OC(C)Cc1ccccc1O. The number of ether oxygens (including phenoxy) is 1. The van der Waals surface area contributed by atoms with Crippen molar-refractivity contribution in [3.05, 3.63) is 54.1 Å². The molecule has 1 unspecified atom stereocenters. The molecule has 0 radical (unpaired) electrons. The Bertz CT molecular complexity index is 730. The number of para-hydroxylation sites is 2. The molecular formula is C24H36O5Si. The van der Waals surface area contributed by atoms with Gasteiger partial charge in [0.25, 0.3) is 0 Å². The molecule has 0 bridgehead atoms. The summed E-state index contributed by atoms with van der Waals surface area (Å²) in [4.78, 5) is 0. The van der Waals surface area contributed by atoms with E-state index < -0.39 is 8.80 Å². The fourth-order valence-corrected chi connectivity index (χ4v) is 6.02. The van der Waals surface area contributed by atoms with E-state index in [1.807, 2.05) is 49.4 Å². The van der Waals surface area contributed by atoms with Crippen LogP contribution in [0.2, 0.25) is 0 Å². The van der Waals surface area contributed by atoms with E-state index in [1.54, 1.807) is 6.07 Å². The Kier molecular flexibility index (Phi) is 10.4. The lowest BCUT2D eigenvalue weighted by atomic mass is 10.1. The number of benzene rings is 2. The van der Waals surface area contributed by atoms with Gasteiger partial charge in [0.15, 0.2) is 0 Å². The number of hydrogen-bond donors (Lipinski definition) is 1. The van der Waals surface area contributed by atoms with Crippen molar-refractivity contribution in [1.29, 1.82) is 0 Å². The maximum Gasteiger partial charge on any atom is 0.541 e. The van der Waals surface area contributed by atoms with E-state index in [2.05, 4.69) is 20.8 Å². The van der Waals surface area contributed by atoms with E-state index in [9.17, 15) is 5.11 Å². The molecule has 0 heterocycles. The molecule has 0 spiro atoms. The minimum absolute atomic E-state index is 0.144. The highest BCUT2D eigenvalue weighted by Gasteiger charge is 2.46. The van der Waals surface area contributed by atoms with E-state index in [0.717, 1.165) is 35.8 Å². The van der Waals surface area contributed by atoms with Crippen LogP contribution in [0.15, 0.2) is 48.5 Å². The second-order valence-electron chi connectivity index (χ2n) is 7.36. The van der Waals surface area contributed by atoms with Gasteiger partial charge in [-0.1, -0.05) is 57.2 Å². The highest BCUT2D eigenvalue weighted by atomic mass is 28.4. The molecule has 0 aliphatic rings. The fourth-order valence-electron chi connectivity index (χ4n) is 3.14. The summed E-state index contributed by atoms with van der Waals surface area (Å²) in [5, 5.41) is 11.0. The van der Waals surface area contributed by atoms with E-state index >= 15 is 0 Å². The Morgan fingerprint density at radius 1 is 0.800 bits per heavy atom. The second-order valence-corrected chi connectivity index (χ2v) is 9.88. The average molecular weight is 433 g/mol. The minimum Gasteiger partial charge on any atom is -0.508 e. The molecule has 0 aliphatic heterocycles. The summed E-state index contributed by atoms with van der Waals surface area (Å²) >= 11 is 0. The van der Waals surface area contributed by atoms with Gasteiger partial charge in [0.05, 0.1) is 5.19 Å². The second kappa shape index (κ2) is 12.7. The lowest BCUT2D eigenvalue weighted by molar-refractivity contribution is 0.0722. The van der Waals surface area contributed by atoms with Gasteiger partial charge in [-0.25, -0.2) is 0 Å². The van der Waals surface area contributed by atoms with Gasteiger partial charge in [-0.2, -0.15) is 0 Å². The predicted octanol–water partition coefficient (Wildman–Crippen LogP) is 4.83. The van der Waals surface area contributed by atoms with Crippen LogP contribution in [0.4, 0.5) is 0 Å². The standard InChI is InChI=1S/C24H36O5Si/c1-5-16-26-30(27-17-6-2,28-18-7-3)24-15-11-10-14-23(24)29-20(4)19-21-12-8-9-13-22(21)25/h8-15,20,25H,5-7,16-19H2,1-4H3. The van der Waals surface area contributed by atoms with Gasteiger partial charge >= 0.3 is 8.80 Å². The molecule has 0 aromatic heterocycles. The van der Waals surface area contributed by atoms with Crippen molar-refractivity contribution < 1.29 is 23.1 Å². The smallest absolute Gasteiger partial charge is 0.508 e.